The second kappa shape index (κ2) is 25.1. The van der Waals surface area contributed by atoms with Gasteiger partial charge in [-0.3, -0.25) is 24.5 Å². The average Bonchev–Trinajstić information content (AvgIpc) is 4.00. The Bertz CT molecular complexity index is 2960. The van der Waals surface area contributed by atoms with E-state index < -0.39 is 68.0 Å². The fraction of sp³-hybridized carbons (Fsp3) is 0.519. The molecule has 0 radical (unpaired) electrons. The SMILES string of the molecule is CNC(=O)OC(C)C(=O)NC(C(=O)N1C[C@@H](OCCOCCOCCOCCOc2cc3nccc(Nc4n[nH]c5ccc(F)cc45)c3cc2S(=O)(=O)C(C)(C)C)C[C@H]1C(=O)N[C@@H]1CCCc2ccccc21)C(C)(C)C. The molecule has 3 aromatic carbocycles. The van der Waals surface area contributed by atoms with Crippen molar-refractivity contribution in [3.05, 3.63) is 83.8 Å². The van der Waals surface area contributed by atoms with Gasteiger partial charge in [-0.15, -0.1) is 0 Å². The first-order valence-corrected chi connectivity index (χ1v) is 27.1. The molecule has 3 heterocycles. The van der Waals surface area contributed by atoms with E-state index >= 15 is 0 Å². The molecule has 1 saturated heterocycles. The highest BCUT2D eigenvalue weighted by molar-refractivity contribution is 7.92. The number of alkyl carbamates (subject to hydrolysis) is 1. The molecule has 2 aromatic heterocycles. The molecule has 22 heteroatoms. The molecule has 20 nitrogen and oxygen atoms in total. The number of hydrogen-bond donors (Lipinski definition) is 5. The summed E-state index contributed by atoms with van der Waals surface area (Å²) in [4.78, 5) is 59.7. The van der Waals surface area contributed by atoms with Gasteiger partial charge in [-0.25, -0.2) is 17.6 Å². The number of rotatable bonds is 23. The van der Waals surface area contributed by atoms with Gasteiger partial charge in [0.15, 0.2) is 21.8 Å². The topological polar surface area (TPSA) is 251 Å². The van der Waals surface area contributed by atoms with Gasteiger partial charge in [-0.2, -0.15) is 5.10 Å². The summed E-state index contributed by atoms with van der Waals surface area (Å²) in [7, 11) is -2.54. The number of nitrogens with one attached hydrogen (secondary N) is 5. The maximum absolute atomic E-state index is 14.5. The van der Waals surface area contributed by atoms with E-state index in [1.54, 1.807) is 45.2 Å². The molecule has 1 fully saturated rings. The molecule has 1 aliphatic heterocycles. The number of aryl methyl sites for hydroxylation is 1. The van der Waals surface area contributed by atoms with Gasteiger partial charge in [-0.1, -0.05) is 45.0 Å². The van der Waals surface area contributed by atoms with E-state index in [1.165, 1.54) is 42.6 Å². The quantitative estimate of drug-likeness (QED) is 0.0441. The van der Waals surface area contributed by atoms with E-state index in [4.69, 9.17) is 28.4 Å². The standard InChI is InChI=1S/C54H71FN8O12S/c1-33(75-52(67)56-8)49(64)60-47(53(2,3)4)51(66)63-32-36(29-44(63)50(65)59-40-15-11-13-34-12-9-10-14-37(34)40)73-26-24-71-22-20-70-21-23-72-25-27-74-45-31-43-38(30-46(45)76(68,69)54(5,6)7)41(18-19-57-43)58-48-39-28-35(55)16-17-42(39)61-62-48/h9-10,12,14,16-19,28,30-31,33,36,40,44,47H,11,13,15,20-27,29,32H2,1-8H3,(H,56,67)(H,59,65)(H,60,64)(H2,57,58,61,62)/t33?,36-,40+,44-,47?/m0/s1. The number of carbonyl (C=O) groups is 4. The molecule has 4 amide bonds. The molecule has 76 heavy (non-hydrogen) atoms. The number of likely N-dealkylation sites (tertiary alicyclic amines) is 1. The molecule has 412 valence electrons. The number of H-pyrrole nitrogens is 1. The summed E-state index contributed by atoms with van der Waals surface area (Å²) in [6, 6.07) is 14.9. The van der Waals surface area contributed by atoms with Crippen LogP contribution in [-0.2, 0) is 54.3 Å². The van der Waals surface area contributed by atoms with E-state index in [2.05, 4.69) is 42.5 Å². The number of halogens is 1. The second-order valence-corrected chi connectivity index (χ2v) is 23.5. The van der Waals surface area contributed by atoms with Crippen LogP contribution in [0.15, 0.2) is 71.8 Å². The van der Waals surface area contributed by atoms with Crippen molar-refractivity contribution >= 4 is 67.0 Å². The van der Waals surface area contributed by atoms with Crippen LogP contribution in [0.1, 0.15) is 84.9 Å². The molecule has 5 N–H and O–H groups in total. The Kier molecular flexibility index (Phi) is 18.9. The van der Waals surface area contributed by atoms with Crippen LogP contribution in [0, 0.1) is 11.2 Å². The van der Waals surface area contributed by atoms with Gasteiger partial charge in [0.2, 0.25) is 11.8 Å². The minimum Gasteiger partial charge on any atom is -0.490 e. The van der Waals surface area contributed by atoms with E-state index in [-0.39, 0.29) is 88.4 Å². The second-order valence-electron chi connectivity index (χ2n) is 20.9. The van der Waals surface area contributed by atoms with Crippen molar-refractivity contribution in [2.45, 2.75) is 114 Å². The third-order valence-electron chi connectivity index (χ3n) is 13.3. The average molecular weight is 1080 g/mol. The van der Waals surface area contributed by atoms with Gasteiger partial charge in [0.05, 0.1) is 79.9 Å². The molecule has 2 unspecified atom stereocenters. The van der Waals surface area contributed by atoms with Crippen molar-refractivity contribution < 1.29 is 60.4 Å². The number of fused-ring (bicyclic) bond motifs is 3. The van der Waals surface area contributed by atoms with E-state index in [0.29, 0.717) is 33.3 Å². The summed E-state index contributed by atoms with van der Waals surface area (Å²) >= 11 is 0. The predicted molar refractivity (Wildman–Crippen MR) is 282 cm³/mol. The zero-order valence-corrected chi connectivity index (χ0v) is 45.3. The molecule has 0 saturated carbocycles. The maximum Gasteiger partial charge on any atom is 0.407 e. The molecular formula is C54H71FN8O12S. The fourth-order valence-electron chi connectivity index (χ4n) is 9.08. The number of nitrogens with zero attached hydrogens (tertiary/aromatic N) is 3. The van der Waals surface area contributed by atoms with Crippen LogP contribution in [-0.4, -0.2) is 148 Å². The monoisotopic (exact) mass is 1070 g/mol. The van der Waals surface area contributed by atoms with E-state index in [0.717, 1.165) is 24.8 Å². The third kappa shape index (κ3) is 14.1. The largest absolute Gasteiger partial charge is 0.490 e. The number of ether oxygens (including phenoxy) is 6. The Labute approximate surface area is 442 Å². The maximum atomic E-state index is 14.5. The van der Waals surface area contributed by atoms with Crippen LogP contribution in [0.4, 0.5) is 20.7 Å². The first-order valence-electron chi connectivity index (χ1n) is 25.6. The van der Waals surface area contributed by atoms with Crippen LogP contribution < -0.4 is 26.0 Å². The number of benzene rings is 3. The van der Waals surface area contributed by atoms with Crippen LogP contribution in [0.25, 0.3) is 21.8 Å². The number of hydrogen-bond acceptors (Lipinski definition) is 15. The molecule has 5 aromatic rings. The van der Waals surface area contributed by atoms with Gasteiger partial charge < -0.3 is 54.6 Å². The summed E-state index contributed by atoms with van der Waals surface area (Å²) in [6.07, 6.45) is 1.91. The highest BCUT2D eigenvalue weighted by Crippen LogP contribution is 2.39. The number of amides is 4. The normalized spacial score (nSPS) is 17.7. The van der Waals surface area contributed by atoms with Gasteiger partial charge in [0.25, 0.3) is 5.91 Å². The van der Waals surface area contributed by atoms with Crippen LogP contribution in [0.3, 0.4) is 0 Å². The minimum atomic E-state index is -3.91. The van der Waals surface area contributed by atoms with E-state index in [9.17, 15) is 32.0 Å². The zero-order chi connectivity index (χ0) is 54.8. The van der Waals surface area contributed by atoms with Crippen LogP contribution in [0.2, 0.25) is 0 Å². The van der Waals surface area contributed by atoms with Gasteiger partial charge in [-0.05, 0) is 93.8 Å². The van der Waals surface area contributed by atoms with Gasteiger partial charge >= 0.3 is 6.09 Å². The molecule has 0 bridgehead atoms. The smallest absolute Gasteiger partial charge is 0.407 e. The van der Waals surface area contributed by atoms with Crippen molar-refractivity contribution in [3.63, 3.8) is 0 Å². The van der Waals surface area contributed by atoms with Crippen molar-refractivity contribution in [3.8, 4) is 5.75 Å². The highest BCUT2D eigenvalue weighted by Gasteiger charge is 2.46. The molecule has 7 rings (SSSR count). The Balaban J connectivity index is 0.866. The third-order valence-corrected chi connectivity index (χ3v) is 15.8. The first kappa shape index (κ1) is 57.2. The van der Waals surface area contributed by atoms with Crippen LogP contribution >= 0.6 is 0 Å². The molecule has 5 atom stereocenters. The van der Waals surface area contributed by atoms with Gasteiger partial charge in [0, 0.05) is 43.0 Å². The lowest BCUT2D eigenvalue weighted by Crippen LogP contribution is -2.59. The van der Waals surface area contributed by atoms with Crippen molar-refractivity contribution in [2.75, 3.05) is 71.8 Å². The summed E-state index contributed by atoms with van der Waals surface area (Å²) in [6.45, 7) is 13.4. The Morgan fingerprint density at radius 3 is 2.28 bits per heavy atom. The van der Waals surface area contributed by atoms with Gasteiger partial charge in [0.1, 0.15) is 35.2 Å². The molecule has 2 aliphatic rings. The first-order chi connectivity index (χ1) is 36.2. The van der Waals surface area contributed by atoms with E-state index in [1.807, 2.05) is 39.0 Å². The van der Waals surface area contributed by atoms with Crippen LogP contribution in [0.5, 0.6) is 5.75 Å². The summed E-state index contributed by atoms with van der Waals surface area (Å²) in [5.41, 5.74) is 3.07. The Morgan fingerprint density at radius 2 is 1.58 bits per heavy atom. The minimum absolute atomic E-state index is 0.0151. The summed E-state index contributed by atoms with van der Waals surface area (Å²) < 4.78 is 75.3. The predicted octanol–water partition coefficient (Wildman–Crippen LogP) is 6.45. The summed E-state index contributed by atoms with van der Waals surface area (Å²) in [5, 5.41) is 19.7. The summed E-state index contributed by atoms with van der Waals surface area (Å²) in [5.74, 6) is -1.35. The Morgan fingerprint density at radius 1 is 0.882 bits per heavy atom. The lowest BCUT2D eigenvalue weighted by molar-refractivity contribution is -0.145. The van der Waals surface area contributed by atoms with Crippen molar-refractivity contribution in [1.82, 2.24) is 36.0 Å². The molecule has 1 aliphatic carbocycles. The fourth-order valence-corrected chi connectivity index (χ4v) is 10.4. The lowest BCUT2D eigenvalue weighted by atomic mass is 9.85. The number of anilines is 2. The molecular weight excluding hydrogens is 1000 g/mol. The van der Waals surface area contributed by atoms with Crippen molar-refractivity contribution in [1.29, 1.82) is 0 Å². The number of carbonyl (C=O) groups excluding carboxylic acids is 4. The molecule has 0 spiro atoms. The number of pyridine rings is 1. The number of sulfone groups is 1. The number of aromatic amines is 1. The van der Waals surface area contributed by atoms with Crippen molar-refractivity contribution in [2.24, 2.45) is 5.41 Å². The lowest BCUT2D eigenvalue weighted by Gasteiger charge is -2.36. The highest BCUT2D eigenvalue weighted by atomic mass is 32.2. The Hall–Kier alpha value is -6.46. The number of aromatic nitrogens is 3. The zero-order valence-electron chi connectivity index (χ0n) is 44.5.